The van der Waals surface area contributed by atoms with Crippen LogP contribution in [0, 0.1) is 11.8 Å². The summed E-state index contributed by atoms with van der Waals surface area (Å²) in [4.78, 5) is 22.2. The molecule has 0 heterocycles. The number of aldehydes is 1. The zero-order valence-corrected chi connectivity index (χ0v) is 9.99. The van der Waals surface area contributed by atoms with Gasteiger partial charge in [0, 0.05) is 0 Å². The number of carbonyl (C=O) groups is 2. The van der Waals surface area contributed by atoms with Crippen molar-refractivity contribution in [1.82, 2.24) is 5.32 Å². The van der Waals surface area contributed by atoms with Gasteiger partial charge in [-0.05, 0) is 18.3 Å². The van der Waals surface area contributed by atoms with E-state index in [1.54, 1.807) is 0 Å². The lowest BCUT2D eigenvalue weighted by Crippen LogP contribution is -2.48. The zero-order chi connectivity index (χ0) is 12.0. The Hall–Kier alpha value is -0.900. The Bertz CT molecular complexity index is 215. The van der Waals surface area contributed by atoms with E-state index in [4.69, 9.17) is 5.73 Å². The molecule has 88 valence electrons. The van der Waals surface area contributed by atoms with Crippen molar-refractivity contribution in [3.63, 3.8) is 0 Å². The van der Waals surface area contributed by atoms with Crippen molar-refractivity contribution >= 4 is 12.2 Å². The van der Waals surface area contributed by atoms with Gasteiger partial charge in [-0.1, -0.05) is 27.7 Å². The molecular formula is C11H22N2O2. The number of nitrogens with one attached hydrogen (secondary N) is 1. The van der Waals surface area contributed by atoms with Crippen LogP contribution in [-0.4, -0.2) is 24.3 Å². The van der Waals surface area contributed by atoms with Crippen molar-refractivity contribution in [3.05, 3.63) is 0 Å². The van der Waals surface area contributed by atoms with E-state index in [9.17, 15) is 9.59 Å². The van der Waals surface area contributed by atoms with Crippen LogP contribution in [0.5, 0.6) is 0 Å². The molecule has 15 heavy (non-hydrogen) atoms. The van der Waals surface area contributed by atoms with Crippen LogP contribution in [0.1, 0.15) is 34.1 Å². The van der Waals surface area contributed by atoms with Gasteiger partial charge in [-0.15, -0.1) is 0 Å². The van der Waals surface area contributed by atoms with E-state index >= 15 is 0 Å². The normalized spacial score (nSPS) is 15.1. The Balaban J connectivity index is 4.16. The van der Waals surface area contributed by atoms with E-state index in [0.29, 0.717) is 12.3 Å². The molecule has 1 amide bonds. The lowest BCUT2D eigenvalue weighted by molar-refractivity contribution is -0.126. The molecule has 0 aromatic heterocycles. The van der Waals surface area contributed by atoms with Crippen LogP contribution in [0.2, 0.25) is 0 Å². The van der Waals surface area contributed by atoms with Crippen LogP contribution in [0.25, 0.3) is 0 Å². The van der Waals surface area contributed by atoms with Gasteiger partial charge < -0.3 is 15.8 Å². The Morgan fingerprint density at radius 1 is 1.33 bits per heavy atom. The number of amides is 1. The molecule has 2 atom stereocenters. The van der Waals surface area contributed by atoms with E-state index in [2.05, 4.69) is 5.32 Å². The second kappa shape index (κ2) is 6.56. The predicted molar refractivity (Wildman–Crippen MR) is 60.3 cm³/mol. The first-order chi connectivity index (χ1) is 6.88. The van der Waals surface area contributed by atoms with Crippen molar-refractivity contribution in [3.8, 4) is 0 Å². The van der Waals surface area contributed by atoms with E-state index in [1.807, 2.05) is 27.7 Å². The standard InChI is InChI=1S/C11H22N2O2/c1-7(2)5-9(12)11(15)13-10(6-14)8(3)4/h6-10H,5,12H2,1-4H3,(H,13,15). The number of hydrogen-bond acceptors (Lipinski definition) is 3. The minimum atomic E-state index is -0.522. The maximum Gasteiger partial charge on any atom is 0.237 e. The summed E-state index contributed by atoms with van der Waals surface area (Å²) >= 11 is 0. The van der Waals surface area contributed by atoms with Crippen LogP contribution in [0.3, 0.4) is 0 Å². The molecule has 0 radical (unpaired) electrons. The molecule has 4 heteroatoms. The number of rotatable bonds is 6. The molecular weight excluding hydrogens is 192 g/mol. The molecule has 0 aromatic carbocycles. The molecule has 3 N–H and O–H groups in total. The lowest BCUT2D eigenvalue weighted by Gasteiger charge is -2.20. The zero-order valence-electron chi connectivity index (χ0n) is 9.99. The number of hydrogen-bond donors (Lipinski definition) is 2. The third-order valence-corrected chi connectivity index (χ3v) is 2.24. The van der Waals surface area contributed by atoms with E-state index in [1.165, 1.54) is 0 Å². The van der Waals surface area contributed by atoms with Gasteiger partial charge in [-0.3, -0.25) is 4.79 Å². The highest BCUT2D eigenvalue weighted by molar-refractivity contribution is 5.84. The SMILES string of the molecule is CC(C)CC(N)C(=O)NC(C=O)C(C)C. The maximum absolute atomic E-state index is 11.6. The van der Waals surface area contributed by atoms with Crippen molar-refractivity contribution in [2.24, 2.45) is 17.6 Å². The first-order valence-electron chi connectivity index (χ1n) is 5.39. The fourth-order valence-corrected chi connectivity index (χ4v) is 1.24. The molecule has 0 saturated heterocycles. The summed E-state index contributed by atoms with van der Waals surface area (Å²) in [5.41, 5.74) is 5.69. The first kappa shape index (κ1) is 14.1. The molecule has 0 saturated carbocycles. The van der Waals surface area contributed by atoms with Crippen LogP contribution in [0.4, 0.5) is 0 Å². The fourth-order valence-electron chi connectivity index (χ4n) is 1.24. The summed E-state index contributed by atoms with van der Waals surface area (Å²) in [5, 5.41) is 2.64. The fraction of sp³-hybridized carbons (Fsp3) is 0.818. The molecule has 2 unspecified atom stereocenters. The Kier molecular flexibility index (Phi) is 6.17. The van der Waals surface area contributed by atoms with Gasteiger partial charge in [0.25, 0.3) is 0 Å². The van der Waals surface area contributed by atoms with Crippen molar-refractivity contribution < 1.29 is 9.59 Å². The number of nitrogens with two attached hydrogens (primary N) is 1. The van der Waals surface area contributed by atoms with Gasteiger partial charge in [0.1, 0.15) is 6.29 Å². The lowest BCUT2D eigenvalue weighted by atomic mass is 10.0. The Labute approximate surface area is 91.6 Å². The van der Waals surface area contributed by atoms with Crippen LogP contribution >= 0.6 is 0 Å². The van der Waals surface area contributed by atoms with Gasteiger partial charge in [-0.25, -0.2) is 0 Å². The molecule has 0 aliphatic carbocycles. The Morgan fingerprint density at radius 2 is 1.87 bits per heavy atom. The van der Waals surface area contributed by atoms with Crippen LogP contribution < -0.4 is 11.1 Å². The molecule has 0 bridgehead atoms. The van der Waals surface area contributed by atoms with Gasteiger partial charge >= 0.3 is 0 Å². The molecule has 4 nitrogen and oxygen atoms in total. The summed E-state index contributed by atoms with van der Waals surface area (Å²) < 4.78 is 0. The molecule has 0 spiro atoms. The quantitative estimate of drug-likeness (QED) is 0.639. The van der Waals surface area contributed by atoms with Gasteiger partial charge in [0.05, 0.1) is 12.1 Å². The topological polar surface area (TPSA) is 72.2 Å². The van der Waals surface area contributed by atoms with Gasteiger partial charge in [-0.2, -0.15) is 0 Å². The summed E-state index contributed by atoms with van der Waals surface area (Å²) in [6.07, 6.45) is 1.39. The molecule has 0 aliphatic rings. The monoisotopic (exact) mass is 214 g/mol. The van der Waals surface area contributed by atoms with E-state index < -0.39 is 12.1 Å². The second-order valence-corrected chi connectivity index (χ2v) is 4.65. The average molecular weight is 214 g/mol. The van der Waals surface area contributed by atoms with Crippen molar-refractivity contribution in [2.45, 2.75) is 46.2 Å². The highest BCUT2D eigenvalue weighted by atomic mass is 16.2. The van der Waals surface area contributed by atoms with Crippen LogP contribution in [-0.2, 0) is 9.59 Å². The minimum Gasteiger partial charge on any atom is -0.345 e. The Morgan fingerprint density at radius 3 is 2.20 bits per heavy atom. The first-order valence-corrected chi connectivity index (χ1v) is 5.39. The highest BCUT2D eigenvalue weighted by Crippen LogP contribution is 2.04. The summed E-state index contributed by atoms with van der Waals surface area (Å²) in [6, 6.07) is -0.957. The molecule has 0 aromatic rings. The largest absolute Gasteiger partial charge is 0.345 e. The molecule has 0 rings (SSSR count). The number of carbonyl (C=O) groups excluding carboxylic acids is 2. The third kappa shape index (κ3) is 5.52. The van der Waals surface area contributed by atoms with Gasteiger partial charge in [0.15, 0.2) is 0 Å². The average Bonchev–Trinajstić information content (AvgIpc) is 2.11. The highest BCUT2D eigenvalue weighted by Gasteiger charge is 2.20. The smallest absolute Gasteiger partial charge is 0.237 e. The van der Waals surface area contributed by atoms with Crippen molar-refractivity contribution in [2.75, 3.05) is 0 Å². The molecule has 0 fully saturated rings. The minimum absolute atomic E-state index is 0.0951. The summed E-state index contributed by atoms with van der Waals surface area (Å²) in [6.45, 7) is 7.78. The summed E-state index contributed by atoms with van der Waals surface area (Å²) in [5.74, 6) is 0.228. The summed E-state index contributed by atoms with van der Waals surface area (Å²) in [7, 11) is 0. The second-order valence-electron chi connectivity index (χ2n) is 4.65. The maximum atomic E-state index is 11.6. The third-order valence-electron chi connectivity index (χ3n) is 2.24. The van der Waals surface area contributed by atoms with Gasteiger partial charge in [0.2, 0.25) is 5.91 Å². The molecule has 0 aliphatic heterocycles. The van der Waals surface area contributed by atoms with E-state index in [0.717, 1.165) is 6.29 Å². The van der Waals surface area contributed by atoms with E-state index in [-0.39, 0.29) is 11.8 Å². The predicted octanol–water partition coefficient (Wildman–Crippen LogP) is 0.699. The van der Waals surface area contributed by atoms with Crippen LogP contribution in [0.15, 0.2) is 0 Å². The van der Waals surface area contributed by atoms with Crippen molar-refractivity contribution in [1.29, 1.82) is 0 Å².